The Morgan fingerprint density at radius 2 is 2.10 bits per heavy atom. The first-order chi connectivity index (χ1) is 9.76. The fourth-order valence-corrected chi connectivity index (χ4v) is 2.45. The number of rotatable bonds is 6. The number of benzene rings is 1. The SMILES string of the molecule is COCCOc1ccc(C(=O)N2CCCC2CN)cc1. The topological polar surface area (TPSA) is 64.8 Å². The lowest BCUT2D eigenvalue weighted by Crippen LogP contribution is -2.39. The summed E-state index contributed by atoms with van der Waals surface area (Å²) >= 11 is 0. The van der Waals surface area contributed by atoms with E-state index in [1.165, 1.54) is 0 Å². The number of nitrogens with two attached hydrogens (primary N) is 1. The third-order valence-electron chi connectivity index (χ3n) is 3.57. The average Bonchev–Trinajstić information content (AvgIpc) is 2.96. The first kappa shape index (κ1) is 14.8. The van der Waals surface area contributed by atoms with Crippen LogP contribution >= 0.6 is 0 Å². The van der Waals surface area contributed by atoms with E-state index in [1.54, 1.807) is 19.2 Å². The van der Waals surface area contributed by atoms with Gasteiger partial charge in [-0.1, -0.05) is 0 Å². The van der Waals surface area contributed by atoms with Gasteiger partial charge >= 0.3 is 0 Å². The lowest BCUT2D eigenvalue weighted by Gasteiger charge is -2.23. The molecule has 1 amide bonds. The second-order valence-corrected chi connectivity index (χ2v) is 4.90. The summed E-state index contributed by atoms with van der Waals surface area (Å²) in [6, 6.07) is 7.42. The van der Waals surface area contributed by atoms with Crippen molar-refractivity contribution in [3.05, 3.63) is 29.8 Å². The number of nitrogens with zero attached hydrogens (tertiary/aromatic N) is 1. The van der Waals surface area contributed by atoms with Crippen LogP contribution in [0.3, 0.4) is 0 Å². The highest BCUT2D eigenvalue weighted by atomic mass is 16.5. The van der Waals surface area contributed by atoms with Crippen LogP contribution in [0.1, 0.15) is 23.2 Å². The van der Waals surface area contributed by atoms with Crippen LogP contribution in [0, 0.1) is 0 Å². The van der Waals surface area contributed by atoms with E-state index in [2.05, 4.69) is 0 Å². The van der Waals surface area contributed by atoms with Gasteiger partial charge in [0.1, 0.15) is 12.4 Å². The highest BCUT2D eigenvalue weighted by Crippen LogP contribution is 2.20. The molecule has 2 N–H and O–H groups in total. The van der Waals surface area contributed by atoms with Crippen molar-refractivity contribution in [2.75, 3.05) is 33.4 Å². The Labute approximate surface area is 119 Å². The Morgan fingerprint density at radius 1 is 1.35 bits per heavy atom. The van der Waals surface area contributed by atoms with Crippen molar-refractivity contribution in [2.24, 2.45) is 5.73 Å². The molecule has 1 heterocycles. The van der Waals surface area contributed by atoms with Crippen molar-refractivity contribution in [3.63, 3.8) is 0 Å². The Bertz CT molecular complexity index is 433. The molecule has 1 unspecified atom stereocenters. The molecule has 0 bridgehead atoms. The van der Waals surface area contributed by atoms with E-state index in [0.29, 0.717) is 25.3 Å². The van der Waals surface area contributed by atoms with Gasteiger partial charge in [-0.2, -0.15) is 0 Å². The Hall–Kier alpha value is -1.59. The third kappa shape index (κ3) is 3.49. The van der Waals surface area contributed by atoms with Crippen LogP contribution in [-0.2, 0) is 4.74 Å². The standard InChI is InChI=1S/C15H22N2O3/c1-19-9-10-20-14-6-4-12(5-7-14)15(18)17-8-2-3-13(17)11-16/h4-7,13H,2-3,8-11,16H2,1H3. The Balaban J connectivity index is 1.96. The van der Waals surface area contributed by atoms with Gasteiger partial charge in [-0.15, -0.1) is 0 Å². The van der Waals surface area contributed by atoms with Crippen LogP contribution in [-0.4, -0.2) is 50.3 Å². The van der Waals surface area contributed by atoms with Gasteiger partial charge in [0.15, 0.2) is 0 Å². The first-order valence-electron chi connectivity index (χ1n) is 6.99. The molecule has 1 aliphatic heterocycles. The molecular weight excluding hydrogens is 256 g/mol. The number of carbonyl (C=O) groups excluding carboxylic acids is 1. The summed E-state index contributed by atoms with van der Waals surface area (Å²) in [5, 5.41) is 0. The van der Waals surface area contributed by atoms with Crippen LogP contribution in [0.25, 0.3) is 0 Å². The van der Waals surface area contributed by atoms with Gasteiger partial charge in [0, 0.05) is 31.8 Å². The molecule has 0 saturated carbocycles. The zero-order valence-electron chi connectivity index (χ0n) is 11.9. The van der Waals surface area contributed by atoms with Gasteiger partial charge in [0.05, 0.1) is 6.61 Å². The highest BCUT2D eigenvalue weighted by molar-refractivity contribution is 5.94. The molecule has 1 atom stereocenters. The van der Waals surface area contributed by atoms with Crippen molar-refractivity contribution in [1.29, 1.82) is 0 Å². The smallest absolute Gasteiger partial charge is 0.254 e. The molecule has 0 aliphatic carbocycles. The zero-order valence-corrected chi connectivity index (χ0v) is 11.9. The van der Waals surface area contributed by atoms with E-state index in [9.17, 15) is 4.79 Å². The fourth-order valence-electron chi connectivity index (χ4n) is 2.45. The minimum atomic E-state index is 0.0568. The molecule has 1 saturated heterocycles. The molecule has 110 valence electrons. The molecule has 5 heteroatoms. The van der Waals surface area contributed by atoms with Gasteiger partial charge < -0.3 is 20.1 Å². The molecule has 2 rings (SSSR count). The molecule has 1 aromatic rings. The number of carbonyl (C=O) groups is 1. The lowest BCUT2D eigenvalue weighted by atomic mass is 10.1. The van der Waals surface area contributed by atoms with E-state index in [-0.39, 0.29) is 11.9 Å². The van der Waals surface area contributed by atoms with E-state index in [0.717, 1.165) is 25.1 Å². The van der Waals surface area contributed by atoms with Crippen molar-refractivity contribution in [1.82, 2.24) is 4.90 Å². The second-order valence-electron chi connectivity index (χ2n) is 4.90. The van der Waals surface area contributed by atoms with Gasteiger partial charge in [-0.25, -0.2) is 0 Å². The van der Waals surface area contributed by atoms with Crippen LogP contribution in [0.5, 0.6) is 5.75 Å². The summed E-state index contributed by atoms with van der Waals surface area (Å²) in [7, 11) is 1.63. The summed E-state index contributed by atoms with van der Waals surface area (Å²) in [4.78, 5) is 14.3. The van der Waals surface area contributed by atoms with E-state index < -0.39 is 0 Å². The zero-order chi connectivity index (χ0) is 14.4. The molecule has 20 heavy (non-hydrogen) atoms. The van der Waals surface area contributed by atoms with E-state index in [1.807, 2.05) is 17.0 Å². The van der Waals surface area contributed by atoms with Crippen LogP contribution in [0.15, 0.2) is 24.3 Å². The molecule has 1 fully saturated rings. The Kier molecular flexibility index (Phi) is 5.38. The van der Waals surface area contributed by atoms with Crippen LogP contribution < -0.4 is 10.5 Å². The maximum Gasteiger partial charge on any atom is 0.254 e. The fraction of sp³-hybridized carbons (Fsp3) is 0.533. The number of amides is 1. The molecule has 1 aliphatic rings. The quantitative estimate of drug-likeness (QED) is 0.796. The average molecular weight is 278 g/mol. The van der Waals surface area contributed by atoms with Gasteiger partial charge in [0.25, 0.3) is 5.91 Å². The third-order valence-corrected chi connectivity index (χ3v) is 3.57. The van der Waals surface area contributed by atoms with E-state index >= 15 is 0 Å². The maximum atomic E-state index is 12.4. The number of methoxy groups -OCH3 is 1. The van der Waals surface area contributed by atoms with Crippen molar-refractivity contribution < 1.29 is 14.3 Å². The van der Waals surface area contributed by atoms with Crippen LogP contribution in [0.4, 0.5) is 0 Å². The first-order valence-corrected chi connectivity index (χ1v) is 6.99. The minimum Gasteiger partial charge on any atom is -0.491 e. The molecular formula is C15H22N2O3. The van der Waals surface area contributed by atoms with Crippen molar-refractivity contribution >= 4 is 5.91 Å². The molecule has 1 aromatic carbocycles. The molecule has 0 radical (unpaired) electrons. The second kappa shape index (κ2) is 7.26. The molecule has 0 spiro atoms. The minimum absolute atomic E-state index is 0.0568. The highest BCUT2D eigenvalue weighted by Gasteiger charge is 2.28. The molecule has 0 aromatic heterocycles. The predicted molar refractivity (Wildman–Crippen MR) is 76.9 cm³/mol. The summed E-state index contributed by atoms with van der Waals surface area (Å²) in [5.41, 5.74) is 6.39. The molecule has 5 nitrogen and oxygen atoms in total. The van der Waals surface area contributed by atoms with E-state index in [4.69, 9.17) is 15.2 Å². The Morgan fingerprint density at radius 3 is 2.75 bits per heavy atom. The number of likely N-dealkylation sites (tertiary alicyclic amines) is 1. The normalized spacial score (nSPS) is 18.3. The monoisotopic (exact) mass is 278 g/mol. The van der Waals surface area contributed by atoms with Gasteiger partial charge in [0.2, 0.25) is 0 Å². The number of hydrogen-bond donors (Lipinski definition) is 1. The number of hydrogen-bond acceptors (Lipinski definition) is 4. The van der Waals surface area contributed by atoms with Gasteiger partial charge in [-0.05, 0) is 37.1 Å². The van der Waals surface area contributed by atoms with Crippen molar-refractivity contribution in [2.45, 2.75) is 18.9 Å². The maximum absolute atomic E-state index is 12.4. The van der Waals surface area contributed by atoms with Crippen LogP contribution in [0.2, 0.25) is 0 Å². The summed E-state index contributed by atoms with van der Waals surface area (Å²) in [5.74, 6) is 0.803. The van der Waals surface area contributed by atoms with Gasteiger partial charge in [-0.3, -0.25) is 4.79 Å². The number of ether oxygens (including phenoxy) is 2. The lowest BCUT2D eigenvalue weighted by molar-refractivity contribution is 0.0741. The van der Waals surface area contributed by atoms with Crippen molar-refractivity contribution in [3.8, 4) is 5.75 Å². The largest absolute Gasteiger partial charge is 0.491 e. The summed E-state index contributed by atoms with van der Waals surface area (Å²) < 4.78 is 10.4. The summed E-state index contributed by atoms with van der Waals surface area (Å²) in [6.45, 7) is 2.38. The summed E-state index contributed by atoms with van der Waals surface area (Å²) in [6.07, 6.45) is 2.03. The predicted octanol–water partition coefficient (Wildman–Crippen LogP) is 1.28.